The van der Waals surface area contributed by atoms with Crippen molar-refractivity contribution in [1.29, 1.82) is 0 Å². The Hall–Kier alpha value is -0.610. The van der Waals surface area contributed by atoms with E-state index in [-0.39, 0.29) is 11.9 Å². The molecule has 0 aromatic carbocycles. The molecule has 1 unspecified atom stereocenters. The number of hydrogen-bond acceptors (Lipinski definition) is 3. The number of rotatable bonds is 3. The number of likely N-dealkylation sites (tertiary alicyclic amines) is 1. The SMILES string of the molecule is CC(N)C(=O)N(C(C)C)[C@H]1CCN(C)C1. The van der Waals surface area contributed by atoms with E-state index < -0.39 is 6.04 Å². The van der Waals surface area contributed by atoms with Gasteiger partial charge in [-0.3, -0.25) is 4.79 Å². The molecule has 0 aromatic rings. The third kappa shape index (κ3) is 2.92. The van der Waals surface area contributed by atoms with Gasteiger partial charge in [0.15, 0.2) is 0 Å². The lowest BCUT2D eigenvalue weighted by Crippen LogP contribution is -2.51. The molecule has 0 aliphatic carbocycles. The van der Waals surface area contributed by atoms with E-state index in [9.17, 15) is 4.79 Å². The van der Waals surface area contributed by atoms with E-state index in [0.29, 0.717) is 6.04 Å². The predicted molar refractivity (Wildman–Crippen MR) is 61.5 cm³/mol. The van der Waals surface area contributed by atoms with Gasteiger partial charge >= 0.3 is 0 Å². The molecule has 4 nitrogen and oxygen atoms in total. The Balaban J connectivity index is 2.70. The van der Waals surface area contributed by atoms with Crippen LogP contribution in [0.1, 0.15) is 27.2 Å². The highest BCUT2D eigenvalue weighted by Gasteiger charge is 2.31. The van der Waals surface area contributed by atoms with Crippen molar-refractivity contribution in [2.75, 3.05) is 20.1 Å². The molecule has 0 saturated carbocycles. The first-order valence-electron chi connectivity index (χ1n) is 5.69. The quantitative estimate of drug-likeness (QED) is 0.732. The first-order chi connectivity index (χ1) is 6.93. The van der Waals surface area contributed by atoms with E-state index in [0.717, 1.165) is 19.5 Å². The predicted octanol–water partition coefficient (Wildman–Crippen LogP) is 0.275. The first-order valence-corrected chi connectivity index (χ1v) is 5.69. The monoisotopic (exact) mass is 213 g/mol. The minimum absolute atomic E-state index is 0.0744. The van der Waals surface area contributed by atoms with Crippen LogP contribution in [0.25, 0.3) is 0 Å². The van der Waals surface area contributed by atoms with Crippen molar-refractivity contribution in [2.24, 2.45) is 5.73 Å². The second-order valence-corrected chi connectivity index (χ2v) is 4.83. The van der Waals surface area contributed by atoms with Crippen LogP contribution in [0.5, 0.6) is 0 Å². The van der Waals surface area contributed by atoms with Gasteiger partial charge in [-0.2, -0.15) is 0 Å². The normalized spacial score (nSPS) is 24.5. The van der Waals surface area contributed by atoms with E-state index in [4.69, 9.17) is 5.73 Å². The lowest BCUT2D eigenvalue weighted by molar-refractivity contribution is -0.136. The van der Waals surface area contributed by atoms with Crippen LogP contribution in [-0.2, 0) is 4.79 Å². The molecule has 1 aliphatic heterocycles. The van der Waals surface area contributed by atoms with Gasteiger partial charge in [-0.15, -0.1) is 0 Å². The summed E-state index contributed by atoms with van der Waals surface area (Å²) in [5, 5.41) is 0. The van der Waals surface area contributed by atoms with Crippen LogP contribution in [0.15, 0.2) is 0 Å². The Kier molecular flexibility index (Phi) is 4.11. The Morgan fingerprint density at radius 3 is 2.40 bits per heavy atom. The fraction of sp³-hybridized carbons (Fsp3) is 0.909. The zero-order valence-electron chi connectivity index (χ0n) is 10.2. The van der Waals surface area contributed by atoms with Crippen molar-refractivity contribution in [3.63, 3.8) is 0 Å². The molecule has 88 valence electrons. The summed E-state index contributed by atoms with van der Waals surface area (Å²) in [5.41, 5.74) is 5.67. The van der Waals surface area contributed by atoms with Crippen molar-refractivity contribution in [2.45, 2.75) is 45.3 Å². The van der Waals surface area contributed by atoms with Crippen molar-refractivity contribution in [1.82, 2.24) is 9.80 Å². The first kappa shape index (κ1) is 12.5. The second kappa shape index (κ2) is 4.94. The average molecular weight is 213 g/mol. The van der Waals surface area contributed by atoms with Gasteiger partial charge in [-0.05, 0) is 40.8 Å². The van der Waals surface area contributed by atoms with Gasteiger partial charge in [0.05, 0.1) is 6.04 Å². The topological polar surface area (TPSA) is 49.6 Å². The van der Waals surface area contributed by atoms with Crippen LogP contribution in [0.3, 0.4) is 0 Å². The molecule has 1 saturated heterocycles. The maximum absolute atomic E-state index is 12.0. The standard InChI is InChI=1S/C11H23N3O/c1-8(2)14(11(15)9(3)12)10-5-6-13(4)7-10/h8-10H,5-7,12H2,1-4H3/t9?,10-/m0/s1. The van der Waals surface area contributed by atoms with Gasteiger partial charge in [-0.1, -0.05) is 0 Å². The van der Waals surface area contributed by atoms with E-state index >= 15 is 0 Å². The smallest absolute Gasteiger partial charge is 0.239 e. The third-order valence-corrected chi connectivity index (χ3v) is 2.96. The number of carbonyl (C=O) groups is 1. The van der Waals surface area contributed by atoms with Crippen molar-refractivity contribution in [3.05, 3.63) is 0 Å². The zero-order chi connectivity index (χ0) is 11.6. The molecule has 2 N–H and O–H groups in total. The minimum atomic E-state index is -0.390. The summed E-state index contributed by atoms with van der Waals surface area (Å²) in [6.45, 7) is 7.91. The molecule has 2 atom stereocenters. The zero-order valence-corrected chi connectivity index (χ0v) is 10.2. The van der Waals surface area contributed by atoms with Crippen LogP contribution in [-0.4, -0.2) is 54.0 Å². The van der Waals surface area contributed by atoms with Crippen LogP contribution >= 0.6 is 0 Å². The maximum atomic E-state index is 12.0. The molecule has 0 spiro atoms. The van der Waals surface area contributed by atoms with Crippen LogP contribution in [0, 0.1) is 0 Å². The highest BCUT2D eigenvalue weighted by atomic mass is 16.2. The van der Waals surface area contributed by atoms with E-state index in [1.54, 1.807) is 6.92 Å². The third-order valence-electron chi connectivity index (χ3n) is 2.96. The molecule has 4 heteroatoms. The van der Waals surface area contributed by atoms with Gasteiger partial charge in [0.1, 0.15) is 0 Å². The molecule has 15 heavy (non-hydrogen) atoms. The fourth-order valence-corrected chi connectivity index (χ4v) is 2.23. The summed E-state index contributed by atoms with van der Waals surface area (Å²) in [4.78, 5) is 16.2. The fourth-order valence-electron chi connectivity index (χ4n) is 2.23. The molecule has 0 aromatic heterocycles. The number of nitrogens with zero attached hydrogens (tertiary/aromatic N) is 2. The minimum Gasteiger partial charge on any atom is -0.335 e. The molecular formula is C11H23N3O. The lowest BCUT2D eigenvalue weighted by atomic mass is 10.1. The van der Waals surface area contributed by atoms with E-state index in [2.05, 4.69) is 25.8 Å². The molecule has 1 fully saturated rings. The van der Waals surface area contributed by atoms with Gasteiger partial charge in [0.25, 0.3) is 0 Å². The number of nitrogens with two attached hydrogens (primary N) is 1. The van der Waals surface area contributed by atoms with Gasteiger partial charge in [0, 0.05) is 18.6 Å². The summed E-state index contributed by atoms with van der Waals surface area (Å²) < 4.78 is 0. The molecule has 0 bridgehead atoms. The number of amides is 1. The largest absolute Gasteiger partial charge is 0.335 e. The number of carbonyl (C=O) groups excluding carboxylic acids is 1. The summed E-state index contributed by atoms with van der Waals surface area (Å²) in [5.74, 6) is 0.0744. The molecule has 0 radical (unpaired) electrons. The Labute approximate surface area is 92.4 Å². The number of hydrogen-bond donors (Lipinski definition) is 1. The van der Waals surface area contributed by atoms with Crippen molar-refractivity contribution in [3.8, 4) is 0 Å². The van der Waals surface area contributed by atoms with Crippen molar-refractivity contribution < 1.29 is 4.79 Å². The summed E-state index contributed by atoms with van der Waals surface area (Å²) in [6.07, 6.45) is 1.06. The highest BCUT2D eigenvalue weighted by Crippen LogP contribution is 2.17. The summed E-state index contributed by atoms with van der Waals surface area (Å²) in [7, 11) is 2.09. The van der Waals surface area contributed by atoms with E-state index in [1.165, 1.54) is 0 Å². The van der Waals surface area contributed by atoms with Crippen LogP contribution in [0.2, 0.25) is 0 Å². The van der Waals surface area contributed by atoms with Crippen LogP contribution in [0.4, 0.5) is 0 Å². The molecule has 1 aliphatic rings. The number of likely N-dealkylation sites (N-methyl/N-ethyl adjacent to an activating group) is 1. The average Bonchev–Trinajstić information content (AvgIpc) is 2.51. The molecular weight excluding hydrogens is 190 g/mol. The molecule has 1 heterocycles. The van der Waals surface area contributed by atoms with Gasteiger partial charge < -0.3 is 15.5 Å². The maximum Gasteiger partial charge on any atom is 0.239 e. The Bertz CT molecular complexity index is 228. The van der Waals surface area contributed by atoms with Gasteiger partial charge in [0.2, 0.25) is 5.91 Å². The summed E-state index contributed by atoms with van der Waals surface area (Å²) >= 11 is 0. The lowest BCUT2D eigenvalue weighted by Gasteiger charge is -2.34. The summed E-state index contributed by atoms with van der Waals surface area (Å²) in [6, 6.07) is 0.187. The molecule has 1 rings (SSSR count). The van der Waals surface area contributed by atoms with Gasteiger partial charge in [-0.25, -0.2) is 0 Å². The highest BCUT2D eigenvalue weighted by molar-refractivity contribution is 5.81. The Morgan fingerprint density at radius 2 is 2.07 bits per heavy atom. The molecule has 1 amide bonds. The van der Waals surface area contributed by atoms with Crippen molar-refractivity contribution >= 4 is 5.91 Å². The van der Waals surface area contributed by atoms with Crippen LogP contribution < -0.4 is 5.73 Å². The Morgan fingerprint density at radius 1 is 1.47 bits per heavy atom. The second-order valence-electron chi connectivity index (χ2n) is 4.83. The van der Waals surface area contributed by atoms with E-state index in [1.807, 2.05) is 4.90 Å².